The molecule has 0 saturated heterocycles. The van der Waals surface area contributed by atoms with Gasteiger partial charge in [0.25, 0.3) is 0 Å². The van der Waals surface area contributed by atoms with Gasteiger partial charge in [-0.3, -0.25) is 0 Å². The molecule has 0 N–H and O–H groups in total. The molecule has 0 fully saturated rings. The first kappa shape index (κ1) is 28.0. The van der Waals surface area contributed by atoms with Crippen molar-refractivity contribution < 1.29 is 0 Å². The van der Waals surface area contributed by atoms with Gasteiger partial charge in [0.05, 0.1) is 0 Å². The van der Waals surface area contributed by atoms with Crippen LogP contribution < -0.4 is 0 Å². The van der Waals surface area contributed by atoms with E-state index in [-0.39, 0.29) is 0 Å². The third-order valence-electron chi connectivity index (χ3n) is 10.0. The Labute approximate surface area is 289 Å². The van der Waals surface area contributed by atoms with Crippen LogP contribution in [0.4, 0.5) is 0 Å². The molecule has 1 heteroatoms. The summed E-state index contributed by atoms with van der Waals surface area (Å²) in [6.45, 7) is 0. The van der Waals surface area contributed by atoms with Gasteiger partial charge in [-0.15, -0.1) is 11.3 Å². The Morgan fingerprint density at radius 3 is 1.43 bits per heavy atom. The maximum Gasteiger partial charge on any atom is 0.0434 e. The fraction of sp³-hybridized carbons (Fsp3) is 0. The number of fused-ring (bicyclic) bond motifs is 7. The molecule has 10 aromatic rings. The minimum atomic E-state index is 1.22. The summed E-state index contributed by atoms with van der Waals surface area (Å²) >= 11 is 1.91. The maximum absolute atomic E-state index is 2.38. The molecule has 0 aliphatic rings. The summed E-state index contributed by atoms with van der Waals surface area (Å²) in [5.41, 5.74) is 9.97. The van der Waals surface area contributed by atoms with Crippen LogP contribution in [0.5, 0.6) is 0 Å². The first-order valence-corrected chi connectivity index (χ1v) is 17.7. The molecule has 0 spiro atoms. The first-order valence-electron chi connectivity index (χ1n) is 16.8. The van der Waals surface area contributed by atoms with E-state index in [0.717, 1.165) is 0 Å². The number of hydrogen-bond acceptors (Lipinski definition) is 1. The Morgan fingerprint density at radius 1 is 0.306 bits per heavy atom. The topological polar surface area (TPSA) is 0 Å². The van der Waals surface area contributed by atoms with Crippen molar-refractivity contribution in [2.45, 2.75) is 0 Å². The standard InChI is InChI=1S/C48H30S/c1-3-14-31(15-4-1)34-28-35(32-16-5-2-6-17-32)30-36(29-34)45-38-20-9-11-22-40(38)46(41-23-12-10-21-39(41)45)42-24-13-25-44-47(42)43-27-26-33-18-7-8-19-37(33)48(43)49-44/h1-30H. The van der Waals surface area contributed by atoms with Crippen molar-refractivity contribution in [3.8, 4) is 44.5 Å². The zero-order valence-electron chi connectivity index (χ0n) is 26.7. The minimum Gasteiger partial charge on any atom is -0.135 e. The number of benzene rings is 9. The SMILES string of the molecule is c1ccc(-c2cc(-c3ccccc3)cc(-c3c4ccccc4c(-c4cccc5sc6c7ccccc7ccc6c45)c4ccccc34)c2)cc1. The van der Waals surface area contributed by atoms with Crippen LogP contribution in [0.3, 0.4) is 0 Å². The predicted octanol–water partition coefficient (Wildman–Crippen LogP) is 14.2. The van der Waals surface area contributed by atoms with Gasteiger partial charge < -0.3 is 0 Å². The van der Waals surface area contributed by atoms with Gasteiger partial charge >= 0.3 is 0 Å². The van der Waals surface area contributed by atoms with E-state index in [0.29, 0.717) is 0 Å². The highest BCUT2D eigenvalue weighted by molar-refractivity contribution is 7.26. The highest BCUT2D eigenvalue weighted by Gasteiger charge is 2.21. The van der Waals surface area contributed by atoms with Crippen LogP contribution in [0.25, 0.3) is 97.0 Å². The van der Waals surface area contributed by atoms with E-state index in [1.807, 2.05) is 11.3 Å². The van der Waals surface area contributed by atoms with E-state index in [1.54, 1.807) is 0 Å². The van der Waals surface area contributed by atoms with Gasteiger partial charge in [-0.2, -0.15) is 0 Å². The monoisotopic (exact) mass is 638 g/mol. The highest BCUT2D eigenvalue weighted by Crippen LogP contribution is 2.49. The van der Waals surface area contributed by atoms with Gasteiger partial charge in [-0.25, -0.2) is 0 Å². The smallest absolute Gasteiger partial charge is 0.0434 e. The molecule has 9 aromatic carbocycles. The largest absolute Gasteiger partial charge is 0.135 e. The van der Waals surface area contributed by atoms with E-state index < -0.39 is 0 Å². The summed E-state index contributed by atoms with van der Waals surface area (Å²) in [5.74, 6) is 0. The summed E-state index contributed by atoms with van der Waals surface area (Å²) in [5, 5.41) is 10.4. The van der Waals surface area contributed by atoms with Gasteiger partial charge in [0, 0.05) is 20.2 Å². The van der Waals surface area contributed by atoms with Crippen molar-refractivity contribution in [2.75, 3.05) is 0 Å². The molecule has 0 saturated carbocycles. The quantitative estimate of drug-likeness (QED) is 0.168. The summed E-state index contributed by atoms with van der Waals surface area (Å²) < 4.78 is 2.68. The van der Waals surface area contributed by atoms with Gasteiger partial charge in [-0.05, 0) is 101 Å². The van der Waals surface area contributed by atoms with E-state index in [4.69, 9.17) is 0 Å². The molecule has 0 amide bonds. The average Bonchev–Trinajstić information content (AvgIpc) is 3.57. The molecule has 0 unspecified atom stereocenters. The van der Waals surface area contributed by atoms with Crippen LogP contribution in [0.15, 0.2) is 182 Å². The molecule has 228 valence electrons. The Kier molecular flexibility index (Phi) is 6.47. The molecular formula is C48H30S. The Balaban J connectivity index is 1.31. The molecule has 10 rings (SSSR count). The summed E-state index contributed by atoms with van der Waals surface area (Å²) in [4.78, 5) is 0. The second-order valence-corrected chi connectivity index (χ2v) is 13.9. The van der Waals surface area contributed by atoms with Crippen molar-refractivity contribution in [3.05, 3.63) is 182 Å². The van der Waals surface area contributed by atoms with E-state index in [9.17, 15) is 0 Å². The fourth-order valence-electron chi connectivity index (χ4n) is 7.86. The first-order chi connectivity index (χ1) is 24.3. The van der Waals surface area contributed by atoms with Gasteiger partial charge in [0.15, 0.2) is 0 Å². The second-order valence-electron chi connectivity index (χ2n) is 12.8. The van der Waals surface area contributed by atoms with Crippen LogP contribution >= 0.6 is 11.3 Å². The molecule has 0 bridgehead atoms. The van der Waals surface area contributed by atoms with E-state index in [2.05, 4.69) is 182 Å². The molecule has 0 nitrogen and oxygen atoms in total. The third kappa shape index (κ3) is 4.51. The van der Waals surface area contributed by atoms with Crippen molar-refractivity contribution >= 4 is 63.8 Å². The minimum absolute atomic E-state index is 1.22. The lowest BCUT2D eigenvalue weighted by Crippen LogP contribution is -1.92. The zero-order valence-corrected chi connectivity index (χ0v) is 27.5. The highest BCUT2D eigenvalue weighted by atomic mass is 32.1. The summed E-state index contributed by atoms with van der Waals surface area (Å²) in [6.07, 6.45) is 0. The van der Waals surface area contributed by atoms with Crippen molar-refractivity contribution in [2.24, 2.45) is 0 Å². The number of thiophene rings is 1. The normalized spacial score (nSPS) is 11.7. The van der Waals surface area contributed by atoms with Gasteiger partial charge in [-0.1, -0.05) is 158 Å². The predicted molar refractivity (Wildman–Crippen MR) is 214 cm³/mol. The van der Waals surface area contributed by atoms with Crippen LogP contribution in [-0.2, 0) is 0 Å². The Hall–Kier alpha value is -6.02. The Morgan fingerprint density at radius 2 is 0.816 bits per heavy atom. The lowest BCUT2D eigenvalue weighted by molar-refractivity contribution is 1.58. The van der Waals surface area contributed by atoms with Crippen molar-refractivity contribution in [1.82, 2.24) is 0 Å². The lowest BCUT2D eigenvalue weighted by Gasteiger charge is -2.19. The molecule has 1 aromatic heterocycles. The number of rotatable bonds is 4. The molecule has 0 atom stereocenters. The van der Waals surface area contributed by atoms with Crippen LogP contribution in [-0.4, -0.2) is 0 Å². The molecule has 1 heterocycles. The summed E-state index contributed by atoms with van der Waals surface area (Å²) in [7, 11) is 0. The summed E-state index contributed by atoms with van der Waals surface area (Å²) in [6, 6.07) is 66.9. The maximum atomic E-state index is 2.38. The molecule has 0 aliphatic carbocycles. The molecule has 0 aliphatic heterocycles. The Bertz CT molecular complexity index is 2750. The molecular weight excluding hydrogens is 609 g/mol. The fourth-order valence-corrected chi connectivity index (χ4v) is 9.12. The van der Waals surface area contributed by atoms with Crippen LogP contribution in [0.2, 0.25) is 0 Å². The van der Waals surface area contributed by atoms with Crippen molar-refractivity contribution in [3.63, 3.8) is 0 Å². The second kappa shape index (κ2) is 11.3. The molecule has 49 heavy (non-hydrogen) atoms. The number of hydrogen-bond donors (Lipinski definition) is 0. The van der Waals surface area contributed by atoms with E-state index in [1.165, 1.54) is 97.0 Å². The average molecular weight is 639 g/mol. The van der Waals surface area contributed by atoms with E-state index >= 15 is 0 Å². The molecule has 0 radical (unpaired) electrons. The van der Waals surface area contributed by atoms with Crippen LogP contribution in [0.1, 0.15) is 0 Å². The zero-order chi connectivity index (χ0) is 32.3. The van der Waals surface area contributed by atoms with Crippen molar-refractivity contribution in [1.29, 1.82) is 0 Å². The van der Waals surface area contributed by atoms with Crippen LogP contribution in [0, 0.1) is 0 Å². The van der Waals surface area contributed by atoms with Gasteiger partial charge in [0.2, 0.25) is 0 Å². The third-order valence-corrected chi connectivity index (χ3v) is 11.2. The van der Waals surface area contributed by atoms with Gasteiger partial charge in [0.1, 0.15) is 0 Å². The lowest BCUT2D eigenvalue weighted by atomic mass is 9.83.